The molecule has 1 aromatic carbocycles. The highest BCUT2D eigenvalue weighted by Crippen LogP contribution is 2.52. The van der Waals surface area contributed by atoms with Crippen LogP contribution >= 0.6 is 0 Å². The summed E-state index contributed by atoms with van der Waals surface area (Å²) in [6, 6.07) is 7.35. The number of rotatable bonds is 2. The lowest BCUT2D eigenvalue weighted by Crippen LogP contribution is -2.67. The number of piperazine rings is 1. The quantitative estimate of drug-likeness (QED) is 0.782. The topological polar surface area (TPSA) is 88.2 Å². The number of fused-ring (bicyclic) bond motifs is 3. The number of hydrogen-bond acceptors (Lipinski definition) is 5. The first kappa shape index (κ1) is 20.2. The molecule has 2 heterocycles. The Bertz CT molecular complexity index is 897. The zero-order valence-corrected chi connectivity index (χ0v) is 17.8. The third-order valence-electron chi connectivity index (χ3n) is 7.40. The fraction of sp³-hybridized carbons (Fsp3) is 0.609. The van der Waals surface area contributed by atoms with E-state index in [1.807, 2.05) is 23.1 Å². The average Bonchev–Trinajstić information content (AvgIpc) is 2.79. The molecule has 0 aromatic heterocycles. The molecule has 5 aliphatic rings. The van der Waals surface area contributed by atoms with Crippen LogP contribution in [0.1, 0.15) is 43.0 Å². The van der Waals surface area contributed by atoms with Gasteiger partial charge in [-0.15, -0.1) is 0 Å². The molecule has 1 N–H and O–H groups in total. The summed E-state index contributed by atoms with van der Waals surface area (Å²) < 4.78 is 11.5. The van der Waals surface area contributed by atoms with E-state index in [2.05, 4.69) is 5.32 Å². The summed E-state index contributed by atoms with van der Waals surface area (Å²) in [6.45, 7) is 4.23. The molecule has 1 spiro atoms. The molecule has 1 saturated heterocycles. The molecular weight excluding hydrogens is 398 g/mol. The van der Waals surface area contributed by atoms with Crippen molar-refractivity contribution in [3.8, 4) is 5.75 Å². The number of nitrogens with zero attached hydrogens (tertiary/aromatic N) is 2. The second-order valence-corrected chi connectivity index (χ2v) is 9.03. The third kappa shape index (κ3) is 3.42. The van der Waals surface area contributed by atoms with E-state index in [1.165, 1.54) is 0 Å². The molecule has 4 fully saturated rings. The average molecular weight is 428 g/mol. The summed E-state index contributed by atoms with van der Waals surface area (Å²) in [5.74, 6) is 0.978. The van der Waals surface area contributed by atoms with E-state index in [1.54, 1.807) is 17.9 Å². The predicted octanol–water partition coefficient (Wildman–Crippen LogP) is 2.24. The zero-order valence-electron chi connectivity index (χ0n) is 17.8. The first-order valence-corrected chi connectivity index (χ1v) is 11.3. The predicted molar refractivity (Wildman–Crippen MR) is 111 cm³/mol. The van der Waals surface area contributed by atoms with E-state index < -0.39 is 5.72 Å². The van der Waals surface area contributed by atoms with Gasteiger partial charge in [0.15, 0.2) is 5.72 Å². The molecule has 3 aliphatic carbocycles. The Morgan fingerprint density at radius 3 is 2.61 bits per heavy atom. The van der Waals surface area contributed by atoms with Crippen LogP contribution in [-0.4, -0.2) is 66.2 Å². The number of carbonyl (C=O) groups excluding carboxylic acids is 3. The van der Waals surface area contributed by atoms with Crippen molar-refractivity contribution in [1.82, 2.24) is 15.1 Å². The molecular formula is C23H29N3O5. The molecule has 2 bridgehead atoms. The van der Waals surface area contributed by atoms with Gasteiger partial charge in [-0.3, -0.25) is 9.59 Å². The maximum atomic E-state index is 13.3. The lowest BCUT2D eigenvalue weighted by molar-refractivity contribution is -0.156. The normalized spacial score (nSPS) is 31.6. The van der Waals surface area contributed by atoms with Crippen molar-refractivity contribution >= 4 is 17.9 Å². The van der Waals surface area contributed by atoms with Gasteiger partial charge in [0.1, 0.15) is 5.75 Å². The van der Waals surface area contributed by atoms with Crippen molar-refractivity contribution in [2.24, 2.45) is 17.8 Å². The lowest BCUT2D eigenvalue weighted by Gasteiger charge is -2.55. The van der Waals surface area contributed by atoms with E-state index in [9.17, 15) is 14.4 Å². The minimum atomic E-state index is -0.701. The number of para-hydroxylation sites is 1. The first-order valence-electron chi connectivity index (χ1n) is 11.3. The molecule has 8 nitrogen and oxygen atoms in total. The lowest BCUT2D eigenvalue weighted by atomic mass is 9.59. The van der Waals surface area contributed by atoms with Gasteiger partial charge in [0.05, 0.1) is 12.2 Å². The van der Waals surface area contributed by atoms with E-state index in [0.717, 1.165) is 19.3 Å². The van der Waals surface area contributed by atoms with Gasteiger partial charge < -0.3 is 24.6 Å². The highest BCUT2D eigenvalue weighted by atomic mass is 16.6. The minimum Gasteiger partial charge on any atom is -0.467 e. The van der Waals surface area contributed by atoms with Gasteiger partial charge >= 0.3 is 6.09 Å². The summed E-state index contributed by atoms with van der Waals surface area (Å²) in [7, 11) is 0. The monoisotopic (exact) mass is 427 g/mol. The molecule has 3 saturated carbocycles. The Morgan fingerprint density at radius 1 is 1.16 bits per heavy atom. The van der Waals surface area contributed by atoms with Crippen LogP contribution in [0.4, 0.5) is 4.79 Å². The maximum Gasteiger partial charge on any atom is 0.409 e. The van der Waals surface area contributed by atoms with E-state index >= 15 is 0 Å². The molecule has 4 atom stereocenters. The van der Waals surface area contributed by atoms with E-state index in [-0.39, 0.29) is 35.7 Å². The second kappa shape index (κ2) is 7.73. The first-order chi connectivity index (χ1) is 15.0. The van der Waals surface area contributed by atoms with Crippen LogP contribution in [0.3, 0.4) is 0 Å². The summed E-state index contributed by atoms with van der Waals surface area (Å²) in [5.41, 5.74) is -0.130. The Morgan fingerprint density at radius 2 is 1.90 bits per heavy atom. The summed E-state index contributed by atoms with van der Waals surface area (Å²) in [4.78, 5) is 41.5. The fourth-order valence-corrected chi connectivity index (χ4v) is 5.82. The van der Waals surface area contributed by atoms with Crippen LogP contribution < -0.4 is 10.1 Å². The molecule has 1 aromatic rings. The zero-order chi connectivity index (χ0) is 21.6. The van der Waals surface area contributed by atoms with Crippen LogP contribution in [-0.2, 0) is 9.53 Å². The molecule has 0 unspecified atom stereocenters. The largest absolute Gasteiger partial charge is 0.467 e. The van der Waals surface area contributed by atoms with Crippen LogP contribution in [0.15, 0.2) is 24.3 Å². The number of ether oxygens (including phenoxy) is 2. The third-order valence-corrected chi connectivity index (χ3v) is 7.40. The van der Waals surface area contributed by atoms with Gasteiger partial charge in [-0.25, -0.2) is 4.79 Å². The number of hydrogen-bond donors (Lipinski definition) is 1. The molecule has 3 amide bonds. The minimum absolute atomic E-state index is 0.0452. The van der Waals surface area contributed by atoms with Crippen molar-refractivity contribution in [1.29, 1.82) is 0 Å². The van der Waals surface area contributed by atoms with Crippen molar-refractivity contribution in [3.63, 3.8) is 0 Å². The molecule has 0 radical (unpaired) electrons. The Balaban J connectivity index is 1.25. The van der Waals surface area contributed by atoms with Crippen LogP contribution in [0.25, 0.3) is 0 Å². The summed E-state index contributed by atoms with van der Waals surface area (Å²) >= 11 is 0. The summed E-state index contributed by atoms with van der Waals surface area (Å²) in [6.07, 6.45) is 3.01. The van der Waals surface area contributed by atoms with Crippen molar-refractivity contribution in [2.45, 2.75) is 38.3 Å². The molecule has 6 rings (SSSR count). The number of carbonyl (C=O) groups is 3. The number of nitrogens with one attached hydrogen (secondary N) is 1. The Hall–Kier alpha value is -2.77. The molecule has 2 aliphatic heterocycles. The van der Waals surface area contributed by atoms with Gasteiger partial charge in [0, 0.05) is 44.4 Å². The van der Waals surface area contributed by atoms with E-state index in [4.69, 9.17) is 9.47 Å². The Kier molecular flexibility index (Phi) is 5.02. The van der Waals surface area contributed by atoms with Crippen LogP contribution in [0, 0.1) is 17.8 Å². The van der Waals surface area contributed by atoms with Gasteiger partial charge in [-0.1, -0.05) is 12.1 Å². The second-order valence-electron chi connectivity index (χ2n) is 9.03. The van der Waals surface area contributed by atoms with Crippen molar-refractivity contribution in [3.05, 3.63) is 29.8 Å². The molecule has 8 heteroatoms. The Labute approximate surface area is 181 Å². The highest BCUT2D eigenvalue weighted by Gasteiger charge is 2.57. The van der Waals surface area contributed by atoms with Crippen LogP contribution in [0.2, 0.25) is 0 Å². The molecule has 166 valence electrons. The van der Waals surface area contributed by atoms with Gasteiger partial charge in [-0.05, 0) is 44.2 Å². The SMILES string of the molecule is CCOC(=O)N1CCN(C(=O)[C@H]2C[C@@H]3CC[C@@H]2C[C@@]32NC(=O)c3ccccc3O2)CC1. The molecule has 31 heavy (non-hydrogen) atoms. The summed E-state index contributed by atoms with van der Waals surface area (Å²) in [5, 5.41) is 3.14. The standard InChI is InChI=1S/C23H29N3O5/c1-2-30-22(29)26-11-9-25(10-12-26)21(28)18-13-16-8-7-15(18)14-23(16)24-20(27)17-5-3-4-6-19(17)31-23/h3-6,15-16,18H,2,7-14H2,1H3,(H,24,27)/t15-,16+,18+,23+/m1/s1. The maximum absolute atomic E-state index is 13.3. The fourth-order valence-electron chi connectivity index (χ4n) is 5.82. The van der Waals surface area contributed by atoms with Crippen molar-refractivity contribution < 1.29 is 23.9 Å². The highest BCUT2D eigenvalue weighted by molar-refractivity contribution is 5.98. The van der Waals surface area contributed by atoms with Crippen LogP contribution in [0.5, 0.6) is 5.75 Å². The smallest absolute Gasteiger partial charge is 0.409 e. The van der Waals surface area contributed by atoms with E-state index in [0.29, 0.717) is 50.5 Å². The van der Waals surface area contributed by atoms with Crippen molar-refractivity contribution in [2.75, 3.05) is 32.8 Å². The number of amides is 3. The van der Waals surface area contributed by atoms with Gasteiger partial charge in [0.2, 0.25) is 5.91 Å². The van der Waals surface area contributed by atoms with Gasteiger partial charge in [0.25, 0.3) is 5.91 Å². The number of benzene rings is 1. The van der Waals surface area contributed by atoms with Gasteiger partial charge in [-0.2, -0.15) is 0 Å².